The van der Waals surface area contributed by atoms with Crippen molar-refractivity contribution in [2.45, 2.75) is 19.3 Å². The van der Waals surface area contributed by atoms with Crippen molar-refractivity contribution in [3.05, 3.63) is 0 Å². The van der Waals surface area contributed by atoms with Crippen LogP contribution in [0, 0.1) is 0 Å². The van der Waals surface area contributed by atoms with Gasteiger partial charge in [-0.05, 0) is 5.11 Å². The lowest BCUT2D eigenvalue weighted by Crippen LogP contribution is -2.32. The van der Waals surface area contributed by atoms with Gasteiger partial charge in [0.05, 0.1) is 32.8 Å². The molecular formula is C11H18N3O6+. The van der Waals surface area contributed by atoms with Gasteiger partial charge in [-0.3, -0.25) is 9.59 Å². The number of nitrogens with two attached hydrogens (primary N) is 1. The second-order valence-corrected chi connectivity index (χ2v) is 3.93. The van der Waals surface area contributed by atoms with Gasteiger partial charge in [-0.15, -0.1) is 5.06 Å². The van der Waals surface area contributed by atoms with E-state index in [0.29, 0.717) is 31.4 Å². The fourth-order valence-corrected chi connectivity index (χ4v) is 1.40. The standard InChI is InChI=1S/C11H17N3O6/c12-13-4-6-19-8-7-18-5-3-11(17)20-14-9(15)1-2-10(14)16/h12H,1-8H2/p+1. The highest BCUT2D eigenvalue weighted by Gasteiger charge is 2.32. The second-order valence-electron chi connectivity index (χ2n) is 3.93. The van der Waals surface area contributed by atoms with E-state index in [0.717, 1.165) is 0 Å². The lowest BCUT2D eigenvalue weighted by atomic mass is 10.4. The summed E-state index contributed by atoms with van der Waals surface area (Å²) in [6.45, 7) is 1.65. The van der Waals surface area contributed by atoms with E-state index in [1.807, 2.05) is 0 Å². The predicted octanol–water partition coefficient (Wildman–Crippen LogP) is -1.77. The van der Waals surface area contributed by atoms with Crippen LogP contribution in [0.15, 0.2) is 5.11 Å². The molecule has 0 aromatic heterocycles. The first-order valence-corrected chi connectivity index (χ1v) is 6.24. The summed E-state index contributed by atoms with van der Waals surface area (Å²) in [5.74, 6) is -1.68. The molecule has 1 aliphatic heterocycles. The van der Waals surface area contributed by atoms with Gasteiger partial charge in [-0.25, -0.2) is 4.79 Å². The lowest BCUT2D eigenvalue weighted by molar-refractivity contribution is -0.223. The van der Waals surface area contributed by atoms with Crippen molar-refractivity contribution in [2.75, 3.05) is 33.0 Å². The van der Waals surface area contributed by atoms with Crippen LogP contribution in [0.1, 0.15) is 19.3 Å². The molecule has 0 aliphatic carbocycles. The molecule has 112 valence electrons. The molecule has 9 heteroatoms. The number of imide groups is 1. The summed E-state index contributed by atoms with van der Waals surface area (Å²) >= 11 is 0. The van der Waals surface area contributed by atoms with Gasteiger partial charge in [0.2, 0.25) is 0 Å². The number of hydrogen-bond donors (Lipinski definition) is 1. The van der Waals surface area contributed by atoms with E-state index in [1.54, 1.807) is 0 Å². The Morgan fingerprint density at radius 2 is 1.70 bits per heavy atom. The number of carbonyl (C=O) groups excluding carboxylic acids is 3. The Labute approximate surface area is 115 Å². The zero-order valence-corrected chi connectivity index (χ0v) is 11.1. The summed E-state index contributed by atoms with van der Waals surface area (Å²) < 4.78 is 10.2. The summed E-state index contributed by atoms with van der Waals surface area (Å²) in [5, 5.41) is 3.88. The highest BCUT2D eigenvalue weighted by molar-refractivity contribution is 6.01. The molecule has 0 saturated carbocycles. The van der Waals surface area contributed by atoms with Gasteiger partial charge in [0.1, 0.15) is 6.54 Å². The van der Waals surface area contributed by atoms with Crippen molar-refractivity contribution in [3.8, 4) is 0 Å². The molecule has 0 unspecified atom stereocenters. The third kappa shape index (κ3) is 5.85. The van der Waals surface area contributed by atoms with Crippen LogP contribution >= 0.6 is 0 Å². The van der Waals surface area contributed by atoms with E-state index in [9.17, 15) is 14.4 Å². The van der Waals surface area contributed by atoms with Crippen LogP contribution in [0.3, 0.4) is 0 Å². The molecule has 2 amide bonds. The van der Waals surface area contributed by atoms with Gasteiger partial charge in [0, 0.05) is 12.8 Å². The fraction of sp³-hybridized carbons (Fsp3) is 0.727. The minimum atomic E-state index is -0.684. The number of hydrogen-bond acceptors (Lipinski definition) is 7. The van der Waals surface area contributed by atoms with E-state index < -0.39 is 17.8 Å². The Morgan fingerprint density at radius 3 is 2.30 bits per heavy atom. The molecule has 0 radical (unpaired) electrons. The molecule has 1 aliphatic rings. The number of rotatable bonds is 10. The van der Waals surface area contributed by atoms with Crippen LogP contribution in [0.4, 0.5) is 0 Å². The molecule has 1 fully saturated rings. The number of ether oxygens (including phenoxy) is 2. The van der Waals surface area contributed by atoms with Crippen molar-refractivity contribution >= 4 is 17.8 Å². The molecule has 0 spiro atoms. The highest BCUT2D eigenvalue weighted by Crippen LogP contribution is 2.12. The number of carbonyl (C=O) groups is 3. The van der Waals surface area contributed by atoms with Crippen molar-refractivity contribution in [3.63, 3.8) is 0 Å². The van der Waals surface area contributed by atoms with Crippen LogP contribution < -0.4 is 5.53 Å². The largest absolute Gasteiger partial charge is 0.378 e. The fourth-order valence-electron chi connectivity index (χ4n) is 1.40. The van der Waals surface area contributed by atoms with Crippen molar-refractivity contribution < 1.29 is 34.2 Å². The Morgan fingerprint density at radius 1 is 1.10 bits per heavy atom. The average Bonchev–Trinajstić information content (AvgIpc) is 2.73. The number of nitrogens with zero attached hydrogens (tertiary/aromatic N) is 2. The molecule has 0 atom stereocenters. The smallest absolute Gasteiger partial charge is 0.335 e. The Bertz CT molecular complexity index is 357. The summed E-state index contributed by atoms with van der Waals surface area (Å²) in [4.78, 5) is 38.4. The first-order valence-electron chi connectivity index (χ1n) is 6.24. The molecule has 2 N–H and O–H groups in total. The van der Waals surface area contributed by atoms with Gasteiger partial charge < -0.3 is 14.3 Å². The average molecular weight is 288 g/mol. The maximum Gasteiger partial charge on any atom is 0.335 e. The van der Waals surface area contributed by atoms with Crippen LogP contribution in [-0.2, 0) is 28.7 Å². The molecule has 1 heterocycles. The Balaban J connectivity index is 2.01. The van der Waals surface area contributed by atoms with Gasteiger partial charge in [0.15, 0.2) is 0 Å². The van der Waals surface area contributed by atoms with Gasteiger partial charge in [0.25, 0.3) is 11.8 Å². The zero-order valence-electron chi connectivity index (χ0n) is 11.1. The number of hydroxylamine groups is 2. The van der Waals surface area contributed by atoms with Crippen LogP contribution in [0.2, 0.25) is 0 Å². The van der Waals surface area contributed by atoms with Crippen molar-refractivity contribution in [2.24, 2.45) is 5.11 Å². The second kappa shape index (κ2) is 9.10. The van der Waals surface area contributed by atoms with E-state index in [2.05, 4.69) is 9.95 Å². The third-order valence-corrected chi connectivity index (χ3v) is 2.39. The normalized spacial score (nSPS) is 14.7. The Kier molecular flexibility index (Phi) is 7.36. The first kappa shape index (κ1) is 16.2. The van der Waals surface area contributed by atoms with E-state index in [-0.39, 0.29) is 25.9 Å². The van der Waals surface area contributed by atoms with Crippen LogP contribution in [0.25, 0.3) is 0 Å². The van der Waals surface area contributed by atoms with Gasteiger partial charge in [-0.2, -0.15) is 5.53 Å². The van der Waals surface area contributed by atoms with Gasteiger partial charge >= 0.3 is 5.97 Å². The molecular weight excluding hydrogens is 270 g/mol. The molecule has 9 nitrogen and oxygen atoms in total. The van der Waals surface area contributed by atoms with Gasteiger partial charge in [-0.1, -0.05) is 0 Å². The van der Waals surface area contributed by atoms with E-state index in [4.69, 9.17) is 15.0 Å². The summed E-state index contributed by atoms with van der Waals surface area (Å²) in [6.07, 6.45) is 0.110. The van der Waals surface area contributed by atoms with Crippen LogP contribution in [-0.4, -0.2) is 55.8 Å². The minimum absolute atomic E-state index is 0.0464. The summed E-state index contributed by atoms with van der Waals surface area (Å²) in [6, 6.07) is 0. The third-order valence-electron chi connectivity index (χ3n) is 2.39. The maximum atomic E-state index is 11.4. The summed E-state index contributed by atoms with van der Waals surface area (Å²) in [7, 11) is 0. The number of amides is 2. The molecule has 0 aromatic carbocycles. The van der Waals surface area contributed by atoms with E-state index in [1.165, 1.54) is 0 Å². The van der Waals surface area contributed by atoms with Crippen molar-refractivity contribution in [1.29, 1.82) is 0 Å². The van der Waals surface area contributed by atoms with Crippen LogP contribution in [0.5, 0.6) is 0 Å². The zero-order chi connectivity index (χ0) is 14.8. The maximum absolute atomic E-state index is 11.4. The quantitative estimate of drug-likeness (QED) is 0.288. The Hall–Kier alpha value is -1.87. The predicted molar refractivity (Wildman–Crippen MR) is 62.7 cm³/mol. The topological polar surface area (TPSA) is 120 Å². The molecule has 0 bridgehead atoms. The SMILES string of the molecule is [NH2+]=NCCOCCOCCC(=O)ON1C(=O)CCC1=O. The lowest BCUT2D eigenvalue weighted by Gasteiger charge is -2.12. The molecule has 0 aromatic rings. The molecule has 20 heavy (non-hydrogen) atoms. The minimum Gasteiger partial charge on any atom is -0.378 e. The monoisotopic (exact) mass is 288 g/mol. The highest BCUT2D eigenvalue weighted by atomic mass is 16.7. The van der Waals surface area contributed by atoms with Crippen molar-refractivity contribution in [1.82, 2.24) is 5.06 Å². The first-order chi connectivity index (χ1) is 9.65. The molecule has 1 saturated heterocycles. The van der Waals surface area contributed by atoms with E-state index >= 15 is 0 Å². The summed E-state index contributed by atoms with van der Waals surface area (Å²) in [5.41, 5.74) is 4.92. The molecule has 1 rings (SSSR count).